The second-order valence-corrected chi connectivity index (χ2v) is 4.63. The number of carbonyl (C=O) groups excluding carboxylic acids is 2. The highest BCUT2D eigenvalue weighted by Crippen LogP contribution is 2.21. The fourth-order valence-corrected chi connectivity index (χ4v) is 1.88. The first-order chi connectivity index (χ1) is 7.04. The van der Waals surface area contributed by atoms with E-state index in [0.717, 1.165) is 0 Å². The third-order valence-corrected chi connectivity index (χ3v) is 3.12. The van der Waals surface area contributed by atoms with Crippen molar-refractivity contribution in [3.63, 3.8) is 0 Å². The molecule has 1 unspecified atom stereocenters. The van der Waals surface area contributed by atoms with E-state index in [2.05, 4.69) is 0 Å². The van der Waals surface area contributed by atoms with Crippen LogP contribution in [0.25, 0.3) is 0 Å². The SMILES string of the molecule is COC(C)C(=O)CC(=O)c1csc(Cl)c1. The zero-order valence-corrected chi connectivity index (χ0v) is 10.0. The van der Waals surface area contributed by atoms with Gasteiger partial charge in [0.25, 0.3) is 0 Å². The van der Waals surface area contributed by atoms with E-state index in [1.165, 1.54) is 18.4 Å². The Labute approximate surface area is 97.0 Å². The molecule has 0 bridgehead atoms. The van der Waals surface area contributed by atoms with Gasteiger partial charge in [-0.2, -0.15) is 0 Å². The van der Waals surface area contributed by atoms with E-state index in [-0.39, 0.29) is 18.0 Å². The van der Waals surface area contributed by atoms with Crippen LogP contribution in [-0.4, -0.2) is 24.8 Å². The minimum Gasteiger partial charge on any atom is -0.374 e. The average molecular weight is 247 g/mol. The van der Waals surface area contributed by atoms with Crippen LogP contribution in [0.5, 0.6) is 0 Å². The standard InChI is InChI=1S/C10H11ClO3S/c1-6(14-2)8(12)4-9(13)7-3-10(11)15-5-7/h3,5-6H,4H2,1-2H3. The molecule has 1 atom stereocenters. The molecule has 0 spiro atoms. The molecule has 1 aromatic rings. The largest absolute Gasteiger partial charge is 0.374 e. The van der Waals surface area contributed by atoms with E-state index in [9.17, 15) is 9.59 Å². The summed E-state index contributed by atoms with van der Waals surface area (Å²) < 4.78 is 5.38. The second kappa shape index (κ2) is 5.39. The molecule has 15 heavy (non-hydrogen) atoms. The van der Waals surface area contributed by atoms with Crippen LogP contribution in [0, 0.1) is 0 Å². The van der Waals surface area contributed by atoms with Gasteiger partial charge in [0.2, 0.25) is 0 Å². The molecule has 0 aromatic carbocycles. The van der Waals surface area contributed by atoms with Crippen molar-refractivity contribution in [2.45, 2.75) is 19.4 Å². The van der Waals surface area contributed by atoms with Gasteiger partial charge in [0, 0.05) is 18.1 Å². The molecular formula is C10H11ClO3S. The van der Waals surface area contributed by atoms with Crippen molar-refractivity contribution >= 4 is 34.5 Å². The molecular weight excluding hydrogens is 236 g/mol. The Bertz CT molecular complexity index is 372. The van der Waals surface area contributed by atoms with E-state index >= 15 is 0 Å². The highest BCUT2D eigenvalue weighted by Gasteiger charge is 2.18. The summed E-state index contributed by atoms with van der Waals surface area (Å²) in [6.45, 7) is 1.62. The number of Topliss-reactive ketones (excluding diaryl/α,β-unsaturated/α-hetero) is 2. The summed E-state index contributed by atoms with van der Waals surface area (Å²) in [6, 6.07) is 1.57. The molecule has 82 valence electrons. The smallest absolute Gasteiger partial charge is 0.171 e. The minimum absolute atomic E-state index is 0.137. The zero-order valence-electron chi connectivity index (χ0n) is 8.45. The highest BCUT2D eigenvalue weighted by molar-refractivity contribution is 7.14. The van der Waals surface area contributed by atoms with Crippen molar-refractivity contribution in [1.82, 2.24) is 0 Å². The van der Waals surface area contributed by atoms with Crippen LogP contribution in [-0.2, 0) is 9.53 Å². The van der Waals surface area contributed by atoms with Crippen LogP contribution >= 0.6 is 22.9 Å². The summed E-state index contributed by atoms with van der Waals surface area (Å²) >= 11 is 6.96. The summed E-state index contributed by atoms with van der Waals surface area (Å²) in [4.78, 5) is 22.9. The molecule has 0 aliphatic heterocycles. The molecule has 0 aliphatic rings. The zero-order chi connectivity index (χ0) is 11.4. The van der Waals surface area contributed by atoms with E-state index in [4.69, 9.17) is 16.3 Å². The number of hydrogen-bond donors (Lipinski definition) is 0. The quantitative estimate of drug-likeness (QED) is 0.593. The van der Waals surface area contributed by atoms with Gasteiger partial charge >= 0.3 is 0 Å². The Morgan fingerprint density at radius 2 is 2.27 bits per heavy atom. The summed E-state index contributed by atoms with van der Waals surface area (Å²) in [6.07, 6.45) is -0.676. The number of halogens is 1. The Balaban J connectivity index is 2.60. The summed E-state index contributed by atoms with van der Waals surface area (Å²) in [5, 5.41) is 1.65. The maximum atomic E-state index is 11.6. The van der Waals surface area contributed by atoms with Crippen molar-refractivity contribution in [3.8, 4) is 0 Å². The molecule has 0 aliphatic carbocycles. The lowest BCUT2D eigenvalue weighted by atomic mass is 10.1. The predicted molar refractivity (Wildman–Crippen MR) is 59.8 cm³/mol. The van der Waals surface area contributed by atoms with Crippen molar-refractivity contribution in [2.24, 2.45) is 0 Å². The van der Waals surface area contributed by atoms with Crippen LogP contribution in [0.3, 0.4) is 0 Å². The third-order valence-electron chi connectivity index (χ3n) is 2.03. The molecule has 5 heteroatoms. The van der Waals surface area contributed by atoms with Gasteiger partial charge in [0.05, 0.1) is 10.8 Å². The molecule has 1 aromatic heterocycles. The number of hydrogen-bond acceptors (Lipinski definition) is 4. The van der Waals surface area contributed by atoms with Gasteiger partial charge in [-0.3, -0.25) is 9.59 Å². The number of carbonyl (C=O) groups is 2. The maximum Gasteiger partial charge on any atom is 0.171 e. The maximum absolute atomic E-state index is 11.6. The first-order valence-corrected chi connectivity index (χ1v) is 5.63. The Hall–Kier alpha value is -0.710. The first-order valence-electron chi connectivity index (χ1n) is 4.37. The van der Waals surface area contributed by atoms with E-state index < -0.39 is 6.10 Å². The van der Waals surface area contributed by atoms with Crippen LogP contribution in [0.2, 0.25) is 4.34 Å². The lowest BCUT2D eigenvalue weighted by Crippen LogP contribution is -2.21. The lowest BCUT2D eigenvalue weighted by molar-refractivity contribution is -0.126. The normalized spacial score (nSPS) is 12.5. The highest BCUT2D eigenvalue weighted by atomic mass is 35.5. The monoisotopic (exact) mass is 246 g/mol. The van der Waals surface area contributed by atoms with Crippen molar-refractivity contribution in [3.05, 3.63) is 21.3 Å². The summed E-state index contributed by atoms with van der Waals surface area (Å²) in [5.41, 5.74) is 0.488. The van der Waals surface area contributed by atoms with Crippen molar-refractivity contribution in [1.29, 1.82) is 0 Å². The van der Waals surface area contributed by atoms with E-state index in [1.807, 2.05) is 0 Å². The summed E-state index contributed by atoms with van der Waals surface area (Å²) in [7, 11) is 1.44. The van der Waals surface area contributed by atoms with Crippen LogP contribution < -0.4 is 0 Å². The lowest BCUT2D eigenvalue weighted by Gasteiger charge is -2.06. The van der Waals surface area contributed by atoms with Gasteiger partial charge in [0.1, 0.15) is 6.10 Å². The average Bonchev–Trinajstić information content (AvgIpc) is 2.63. The second-order valence-electron chi connectivity index (χ2n) is 3.08. The minimum atomic E-state index is -0.539. The van der Waals surface area contributed by atoms with Crippen LogP contribution in [0.1, 0.15) is 23.7 Å². The number of ketones is 2. The number of rotatable bonds is 5. The van der Waals surface area contributed by atoms with Crippen molar-refractivity contribution in [2.75, 3.05) is 7.11 Å². The molecule has 0 saturated heterocycles. The van der Waals surface area contributed by atoms with Gasteiger partial charge in [-0.1, -0.05) is 11.6 Å². The molecule has 1 heterocycles. The van der Waals surface area contributed by atoms with Gasteiger partial charge in [-0.15, -0.1) is 11.3 Å². The Morgan fingerprint density at radius 3 is 2.73 bits per heavy atom. The van der Waals surface area contributed by atoms with E-state index in [0.29, 0.717) is 9.90 Å². The fourth-order valence-electron chi connectivity index (χ4n) is 0.992. The molecule has 3 nitrogen and oxygen atoms in total. The molecule has 0 N–H and O–H groups in total. The first kappa shape index (κ1) is 12.4. The summed E-state index contributed by atoms with van der Waals surface area (Å²) in [5.74, 6) is -0.433. The Kier molecular flexibility index (Phi) is 4.45. The topological polar surface area (TPSA) is 43.4 Å². The third kappa shape index (κ3) is 3.41. The van der Waals surface area contributed by atoms with Gasteiger partial charge < -0.3 is 4.74 Å². The van der Waals surface area contributed by atoms with Gasteiger partial charge in [-0.25, -0.2) is 0 Å². The predicted octanol–water partition coefficient (Wildman–Crippen LogP) is 2.58. The van der Waals surface area contributed by atoms with Gasteiger partial charge in [0.15, 0.2) is 11.6 Å². The fraction of sp³-hybridized carbons (Fsp3) is 0.400. The number of ether oxygens (including phenoxy) is 1. The number of thiophene rings is 1. The Morgan fingerprint density at radius 1 is 1.60 bits per heavy atom. The van der Waals surface area contributed by atoms with Gasteiger partial charge in [-0.05, 0) is 13.0 Å². The van der Waals surface area contributed by atoms with E-state index in [1.54, 1.807) is 18.4 Å². The van der Waals surface area contributed by atoms with Crippen LogP contribution in [0.15, 0.2) is 11.4 Å². The van der Waals surface area contributed by atoms with Crippen LogP contribution in [0.4, 0.5) is 0 Å². The molecule has 0 fully saturated rings. The number of methoxy groups -OCH3 is 1. The molecule has 0 amide bonds. The van der Waals surface area contributed by atoms with Crippen molar-refractivity contribution < 1.29 is 14.3 Å². The molecule has 0 saturated carbocycles. The molecule has 1 rings (SSSR count). The molecule has 0 radical (unpaired) electrons.